The van der Waals surface area contributed by atoms with E-state index in [9.17, 15) is 13.2 Å². The van der Waals surface area contributed by atoms with Gasteiger partial charge in [-0.05, 0) is 54.1 Å². The van der Waals surface area contributed by atoms with Gasteiger partial charge in [0.15, 0.2) is 0 Å². The molecule has 0 spiro atoms. The largest absolute Gasteiger partial charge is 0.497 e. The number of carbonyl (C=O) groups is 1. The Labute approximate surface area is 210 Å². The molecule has 0 fully saturated rings. The van der Waals surface area contributed by atoms with Crippen molar-refractivity contribution in [1.82, 2.24) is 5.43 Å². The topological polar surface area (TPSA) is 107 Å². The van der Waals surface area contributed by atoms with Crippen molar-refractivity contribution in [3.63, 3.8) is 0 Å². The molecular formula is C26H27N3O6S. The molecule has 0 saturated heterocycles. The van der Waals surface area contributed by atoms with E-state index in [1.807, 2.05) is 0 Å². The van der Waals surface area contributed by atoms with Gasteiger partial charge in [0.25, 0.3) is 15.9 Å². The second-order valence-corrected chi connectivity index (χ2v) is 9.19. The molecule has 3 rings (SSSR count). The van der Waals surface area contributed by atoms with E-state index in [1.54, 1.807) is 54.6 Å². The highest BCUT2D eigenvalue weighted by molar-refractivity contribution is 7.92. The van der Waals surface area contributed by atoms with Gasteiger partial charge in [0.2, 0.25) is 0 Å². The van der Waals surface area contributed by atoms with Crippen LogP contribution >= 0.6 is 0 Å². The SMILES string of the molecule is C=CCOc1cccc(/C=N\NC(=O)CN(c2ccccc2OC)S(=O)(=O)c2ccc(OC)cc2)c1. The number of nitrogens with zero attached hydrogens (tertiary/aromatic N) is 2. The van der Waals surface area contributed by atoms with Crippen molar-refractivity contribution in [1.29, 1.82) is 0 Å². The summed E-state index contributed by atoms with van der Waals surface area (Å²) in [4.78, 5) is 12.8. The van der Waals surface area contributed by atoms with Crippen molar-refractivity contribution in [3.8, 4) is 17.2 Å². The quantitative estimate of drug-likeness (QED) is 0.227. The molecule has 1 N–H and O–H groups in total. The third-order valence-corrected chi connectivity index (χ3v) is 6.69. The molecule has 188 valence electrons. The molecule has 0 bridgehead atoms. The molecule has 0 atom stereocenters. The van der Waals surface area contributed by atoms with Gasteiger partial charge in [-0.3, -0.25) is 9.10 Å². The van der Waals surface area contributed by atoms with Crippen molar-refractivity contribution in [2.45, 2.75) is 4.90 Å². The van der Waals surface area contributed by atoms with Gasteiger partial charge in [-0.25, -0.2) is 13.8 Å². The number of methoxy groups -OCH3 is 2. The van der Waals surface area contributed by atoms with Gasteiger partial charge in [-0.15, -0.1) is 0 Å². The lowest BCUT2D eigenvalue weighted by molar-refractivity contribution is -0.119. The van der Waals surface area contributed by atoms with Crippen LogP contribution in [0, 0.1) is 0 Å². The van der Waals surface area contributed by atoms with E-state index >= 15 is 0 Å². The first kappa shape index (κ1) is 26.3. The fraction of sp³-hybridized carbons (Fsp3) is 0.154. The summed E-state index contributed by atoms with van der Waals surface area (Å²) in [6.07, 6.45) is 3.07. The van der Waals surface area contributed by atoms with Crippen LogP contribution in [0.3, 0.4) is 0 Å². The first-order chi connectivity index (χ1) is 17.4. The Morgan fingerprint density at radius 2 is 1.75 bits per heavy atom. The van der Waals surface area contributed by atoms with Gasteiger partial charge in [-0.1, -0.05) is 36.9 Å². The van der Waals surface area contributed by atoms with Crippen LogP contribution in [0.15, 0.2) is 95.4 Å². The lowest BCUT2D eigenvalue weighted by atomic mass is 10.2. The highest BCUT2D eigenvalue weighted by Gasteiger charge is 2.29. The number of benzene rings is 3. The molecule has 3 aromatic rings. The van der Waals surface area contributed by atoms with Gasteiger partial charge in [0.1, 0.15) is 30.4 Å². The molecule has 1 amide bonds. The molecule has 0 unspecified atom stereocenters. The van der Waals surface area contributed by atoms with E-state index in [4.69, 9.17) is 14.2 Å². The van der Waals surface area contributed by atoms with E-state index in [1.165, 1.54) is 44.7 Å². The van der Waals surface area contributed by atoms with Crippen LogP contribution in [0.5, 0.6) is 17.2 Å². The van der Waals surface area contributed by atoms with Crippen LogP contribution in [-0.2, 0) is 14.8 Å². The Kier molecular flexibility index (Phi) is 9.07. The van der Waals surface area contributed by atoms with Gasteiger partial charge in [0, 0.05) is 0 Å². The average molecular weight is 510 g/mol. The number of carbonyl (C=O) groups excluding carboxylic acids is 1. The van der Waals surface area contributed by atoms with E-state index in [-0.39, 0.29) is 10.6 Å². The van der Waals surface area contributed by atoms with Gasteiger partial charge in [0.05, 0.1) is 31.0 Å². The number of anilines is 1. The molecule has 0 aliphatic heterocycles. The van der Waals surface area contributed by atoms with Gasteiger partial charge in [-0.2, -0.15) is 5.10 Å². The summed E-state index contributed by atoms with van der Waals surface area (Å²) in [5.74, 6) is 0.775. The third-order valence-electron chi connectivity index (χ3n) is 4.92. The predicted octanol–water partition coefficient (Wildman–Crippen LogP) is 3.61. The summed E-state index contributed by atoms with van der Waals surface area (Å²) in [5, 5.41) is 3.96. The second kappa shape index (κ2) is 12.4. The summed E-state index contributed by atoms with van der Waals surface area (Å²) in [6, 6.07) is 19.5. The molecule has 0 aliphatic rings. The normalized spacial score (nSPS) is 11.1. The molecule has 0 aromatic heterocycles. The van der Waals surface area contributed by atoms with Crippen molar-refractivity contribution in [3.05, 3.63) is 91.0 Å². The van der Waals surface area contributed by atoms with Crippen molar-refractivity contribution in [2.75, 3.05) is 31.7 Å². The molecule has 3 aromatic carbocycles. The van der Waals surface area contributed by atoms with Crippen LogP contribution in [0.25, 0.3) is 0 Å². The number of hydrogen-bond acceptors (Lipinski definition) is 7. The maximum absolute atomic E-state index is 13.5. The number of para-hydroxylation sites is 2. The maximum Gasteiger partial charge on any atom is 0.264 e. The highest BCUT2D eigenvalue weighted by atomic mass is 32.2. The molecule has 0 aliphatic carbocycles. The summed E-state index contributed by atoms with van der Waals surface area (Å²) in [6.45, 7) is 3.44. The minimum Gasteiger partial charge on any atom is -0.497 e. The Morgan fingerprint density at radius 1 is 1.00 bits per heavy atom. The number of sulfonamides is 1. The highest BCUT2D eigenvalue weighted by Crippen LogP contribution is 2.32. The van der Waals surface area contributed by atoms with Crippen LogP contribution in [-0.4, -0.2) is 47.9 Å². The molecular weight excluding hydrogens is 482 g/mol. The van der Waals surface area contributed by atoms with Crippen LogP contribution in [0.4, 0.5) is 5.69 Å². The number of hydrogen-bond donors (Lipinski definition) is 1. The van der Waals surface area contributed by atoms with Crippen molar-refractivity contribution in [2.24, 2.45) is 5.10 Å². The fourth-order valence-electron chi connectivity index (χ4n) is 3.19. The van der Waals surface area contributed by atoms with Gasteiger partial charge >= 0.3 is 0 Å². The fourth-order valence-corrected chi connectivity index (χ4v) is 4.63. The Bertz CT molecular complexity index is 1320. The zero-order valence-electron chi connectivity index (χ0n) is 20.0. The first-order valence-electron chi connectivity index (χ1n) is 10.8. The zero-order valence-corrected chi connectivity index (χ0v) is 20.8. The minimum atomic E-state index is -4.14. The molecule has 9 nitrogen and oxygen atoms in total. The molecule has 0 heterocycles. The van der Waals surface area contributed by atoms with E-state index < -0.39 is 22.5 Å². The van der Waals surface area contributed by atoms with E-state index in [2.05, 4.69) is 17.1 Å². The van der Waals surface area contributed by atoms with Crippen molar-refractivity contribution >= 4 is 27.8 Å². The lowest BCUT2D eigenvalue weighted by Gasteiger charge is -2.25. The van der Waals surface area contributed by atoms with Crippen LogP contribution < -0.4 is 23.9 Å². The molecule has 10 heteroatoms. The number of hydrazone groups is 1. The van der Waals surface area contributed by atoms with Crippen molar-refractivity contribution < 1.29 is 27.4 Å². The zero-order chi connectivity index (χ0) is 26.0. The maximum atomic E-state index is 13.5. The number of rotatable bonds is 12. The molecule has 36 heavy (non-hydrogen) atoms. The molecule has 0 radical (unpaired) electrons. The predicted molar refractivity (Wildman–Crippen MR) is 138 cm³/mol. The summed E-state index contributed by atoms with van der Waals surface area (Å²) in [7, 11) is -1.23. The minimum absolute atomic E-state index is 0.0122. The molecule has 0 saturated carbocycles. The van der Waals surface area contributed by atoms with Gasteiger partial charge < -0.3 is 14.2 Å². The summed E-state index contributed by atoms with van der Waals surface area (Å²) in [5.41, 5.74) is 3.27. The summed E-state index contributed by atoms with van der Waals surface area (Å²) >= 11 is 0. The number of amides is 1. The van der Waals surface area contributed by atoms with Crippen LogP contribution in [0.2, 0.25) is 0 Å². The lowest BCUT2D eigenvalue weighted by Crippen LogP contribution is -2.39. The number of ether oxygens (including phenoxy) is 3. The average Bonchev–Trinajstić information content (AvgIpc) is 2.90. The first-order valence-corrected chi connectivity index (χ1v) is 12.3. The second-order valence-electron chi connectivity index (χ2n) is 7.32. The van der Waals surface area contributed by atoms with E-state index in [0.717, 1.165) is 4.31 Å². The third kappa shape index (κ3) is 6.63. The smallest absolute Gasteiger partial charge is 0.264 e. The Balaban J connectivity index is 1.83. The monoisotopic (exact) mass is 509 g/mol. The Morgan fingerprint density at radius 3 is 2.44 bits per heavy atom. The standard InChI is InChI=1S/C26H27N3O6S/c1-4-16-35-22-9-7-8-20(17-22)18-27-28-26(30)19-29(24-10-5-6-11-25(24)34-3)36(31,32)23-14-12-21(33-2)13-15-23/h4-15,17-18H,1,16,19H2,2-3H3,(H,28,30)/b27-18-. The number of nitrogens with one attached hydrogen (secondary N) is 1. The van der Waals surface area contributed by atoms with E-state index in [0.29, 0.717) is 29.4 Å². The summed E-state index contributed by atoms with van der Waals surface area (Å²) < 4.78 is 44.0. The van der Waals surface area contributed by atoms with Crippen LogP contribution in [0.1, 0.15) is 5.56 Å². The Hall–Kier alpha value is -4.31.